The van der Waals surface area contributed by atoms with Crippen LogP contribution >= 0.6 is 0 Å². The van der Waals surface area contributed by atoms with Gasteiger partial charge in [-0.3, -0.25) is 0 Å². The topological polar surface area (TPSA) is 26.0 Å². The zero-order valence-electron chi connectivity index (χ0n) is 9.84. The van der Waals surface area contributed by atoms with E-state index >= 15 is 0 Å². The molecule has 1 nitrogen and oxygen atoms in total. The summed E-state index contributed by atoms with van der Waals surface area (Å²) in [4.78, 5) is 0. The Morgan fingerprint density at radius 1 is 1.13 bits per heavy atom. The molecule has 0 unspecified atom stereocenters. The monoisotopic (exact) mass is 203 g/mol. The second-order valence-corrected chi connectivity index (χ2v) is 5.28. The minimum absolute atomic E-state index is 0.118. The van der Waals surface area contributed by atoms with Gasteiger partial charge in [-0.25, -0.2) is 0 Å². The molecule has 2 rings (SSSR count). The Hall–Kier alpha value is -0.820. The molecule has 0 radical (unpaired) electrons. The lowest BCUT2D eigenvalue weighted by atomic mass is 9.81. The number of benzene rings is 1. The SMILES string of the molecule is CC(C)(CN)c1ccc2c(c1)CCCC2. The van der Waals surface area contributed by atoms with Crippen LogP contribution < -0.4 is 5.73 Å². The van der Waals surface area contributed by atoms with Crippen LogP contribution in [0.4, 0.5) is 0 Å². The van der Waals surface area contributed by atoms with Crippen molar-refractivity contribution < 1.29 is 0 Å². The van der Waals surface area contributed by atoms with Crippen molar-refractivity contribution in [1.29, 1.82) is 0 Å². The van der Waals surface area contributed by atoms with Crippen LogP contribution in [0.1, 0.15) is 43.4 Å². The minimum Gasteiger partial charge on any atom is -0.330 e. The highest BCUT2D eigenvalue weighted by Crippen LogP contribution is 2.28. The molecule has 82 valence electrons. The van der Waals surface area contributed by atoms with E-state index in [4.69, 9.17) is 5.73 Å². The van der Waals surface area contributed by atoms with E-state index in [2.05, 4.69) is 32.0 Å². The molecule has 1 aromatic rings. The summed E-state index contributed by atoms with van der Waals surface area (Å²) in [6.45, 7) is 5.15. The van der Waals surface area contributed by atoms with Crippen LogP contribution in [0.25, 0.3) is 0 Å². The second-order valence-electron chi connectivity index (χ2n) is 5.28. The largest absolute Gasteiger partial charge is 0.330 e. The zero-order chi connectivity index (χ0) is 10.9. The van der Waals surface area contributed by atoms with Crippen LogP contribution in [0.3, 0.4) is 0 Å². The van der Waals surface area contributed by atoms with Crippen molar-refractivity contribution in [3.8, 4) is 0 Å². The van der Waals surface area contributed by atoms with Crippen molar-refractivity contribution >= 4 is 0 Å². The summed E-state index contributed by atoms with van der Waals surface area (Å²) in [6, 6.07) is 6.94. The third kappa shape index (κ3) is 2.07. The molecule has 1 aromatic carbocycles. The lowest BCUT2D eigenvalue weighted by molar-refractivity contribution is 0.536. The van der Waals surface area contributed by atoms with Crippen molar-refractivity contribution in [2.45, 2.75) is 44.9 Å². The zero-order valence-corrected chi connectivity index (χ0v) is 9.84. The Balaban J connectivity index is 2.36. The fourth-order valence-corrected chi connectivity index (χ4v) is 2.27. The molecule has 0 fully saturated rings. The molecule has 0 saturated carbocycles. The molecule has 0 bridgehead atoms. The molecule has 0 heterocycles. The molecule has 0 atom stereocenters. The Morgan fingerprint density at radius 2 is 1.80 bits per heavy atom. The first kappa shape index (κ1) is 10.7. The summed E-state index contributed by atoms with van der Waals surface area (Å²) in [5, 5.41) is 0. The smallest absolute Gasteiger partial charge is 0.00191 e. The average molecular weight is 203 g/mol. The molecule has 0 aliphatic heterocycles. The summed E-state index contributed by atoms with van der Waals surface area (Å²) in [7, 11) is 0. The number of fused-ring (bicyclic) bond motifs is 1. The number of rotatable bonds is 2. The van der Waals surface area contributed by atoms with Crippen molar-refractivity contribution in [1.82, 2.24) is 0 Å². The average Bonchev–Trinajstić information content (AvgIpc) is 2.28. The fraction of sp³-hybridized carbons (Fsp3) is 0.571. The van der Waals surface area contributed by atoms with Gasteiger partial charge in [0.05, 0.1) is 0 Å². The first-order valence-electron chi connectivity index (χ1n) is 5.96. The molecular weight excluding hydrogens is 182 g/mol. The standard InChI is InChI=1S/C14H21N/c1-14(2,10-15)13-8-7-11-5-3-4-6-12(11)9-13/h7-9H,3-6,10,15H2,1-2H3. The van der Waals surface area contributed by atoms with Crippen LogP contribution in [0, 0.1) is 0 Å². The van der Waals surface area contributed by atoms with Crippen LogP contribution in [0.2, 0.25) is 0 Å². The maximum atomic E-state index is 5.81. The highest BCUT2D eigenvalue weighted by molar-refractivity contribution is 5.37. The van der Waals surface area contributed by atoms with Gasteiger partial charge in [-0.05, 0) is 42.4 Å². The summed E-state index contributed by atoms with van der Waals surface area (Å²) >= 11 is 0. The third-order valence-electron chi connectivity index (χ3n) is 3.64. The van der Waals surface area contributed by atoms with Gasteiger partial charge in [-0.2, -0.15) is 0 Å². The lowest BCUT2D eigenvalue weighted by Gasteiger charge is -2.25. The first-order chi connectivity index (χ1) is 7.13. The van der Waals surface area contributed by atoms with Gasteiger partial charge < -0.3 is 5.73 Å². The number of nitrogens with two attached hydrogens (primary N) is 1. The maximum Gasteiger partial charge on any atom is 0.00191 e. The quantitative estimate of drug-likeness (QED) is 0.786. The highest BCUT2D eigenvalue weighted by atomic mass is 14.6. The molecule has 15 heavy (non-hydrogen) atoms. The Labute approximate surface area is 92.7 Å². The van der Waals surface area contributed by atoms with E-state index in [0.29, 0.717) is 6.54 Å². The number of hydrogen-bond donors (Lipinski definition) is 1. The molecule has 1 aliphatic carbocycles. The molecule has 1 heteroatoms. The van der Waals surface area contributed by atoms with Gasteiger partial charge in [-0.1, -0.05) is 32.0 Å². The Kier molecular flexibility index (Phi) is 2.83. The van der Waals surface area contributed by atoms with Gasteiger partial charge in [0.1, 0.15) is 0 Å². The van der Waals surface area contributed by atoms with Crippen molar-refractivity contribution in [3.63, 3.8) is 0 Å². The molecule has 2 N–H and O–H groups in total. The van der Waals surface area contributed by atoms with Gasteiger partial charge in [0.2, 0.25) is 0 Å². The normalized spacial score (nSPS) is 16.2. The van der Waals surface area contributed by atoms with Gasteiger partial charge >= 0.3 is 0 Å². The highest BCUT2D eigenvalue weighted by Gasteiger charge is 2.20. The van der Waals surface area contributed by atoms with Crippen LogP contribution in [-0.4, -0.2) is 6.54 Å². The molecule has 0 saturated heterocycles. The first-order valence-corrected chi connectivity index (χ1v) is 5.96. The van der Waals surface area contributed by atoms with E-state index in [0.717, 1.165) is 0 Å². The molecule has 0 spiro atoms. The molecular formula is C14H21N. The summed E-state index contributed by atoms with van der Waals surface area (Å²) in [5.74, 6) is 0. The second kappa shape index (κ2) is 3.97. The number of hydrogen-bond acceptors (Lipinski definition) is 1. The van der Waals surface area contributed by atoms with Gasteiger partial charge in [-0.15, -0.1) is 0 Å². The summed E-state index contributed by atoms with van der Waals surface area (Å²) in [6.07, 6.45) is 5.22. The summed E-state index contributed by atoms with van der Waals surface area (Å²) in [5.41, 5.74) is 10.4. The van der Waals surface area contributed by atoms with Crippen LogP contribution in [0.15, 0.2) is 18.2 Å². The van der Waals surface area contributed by atoms with E-state index in [1.807, 2.05) is 0 Å². The minimum atomic E-state index is 0.118. The number of aryl methyl sites for hydroxylation is 2. The van der Waals surface area contributed by atoms with Crippen molar-refractivity contribution in [3.05, 3.63) is 34.9 Å². The lowest BCUT2D eigenvalue weighted by Crippen LogP contribution is -2.28. The molecule has 1 aliphatic rings. The molecule has 0 amide bonds. The maximum absolute atomic E-state index is 5.81. The van der Waals surface area contributed by atoms with E-state index in [1.165, 1.54) is 31.2 Å². The van der Waals surface area contributed by atoms with Crippen LogP contribution in [-0.2, 0) is 18.3 Å². The van der Waals surface area contributed by atoms with Crippen LogP contribution in [0.5, 0.6) is 0 Å². The summed E-state index contributed by atoms with van der Waals surface area (Å²) < 4.78 is 0. The van der Waals surface area contributed by atoms with Crippen molar-refractivity contribution in [2.24, 2.45) is 5.73 Å². The molecule has 0 aromatic heterocycles. The predicted molar refractivity (Wildman–Crippen MR) is 65.2 cm³/mol. The van der Waals surface area contributed by atoms with E-state index in [1.54, 1.807) is 11.1 Å². The van der Waals surface area contributed by atoms with E-state index in [9.17, 15) is 0 Å². The van der Waals surface area contributed by atoms with Crippen molar-refractivity contribution in [2.75, 3.05) is 6.54 Å². The Bertz CT molecular complexity index is 352. The third-order valence-corrected chi connectivity index (χ3v) is 3.64. The van der Waals surface area contributed by atoms with Gasteiger partial charge in [0.25, 0.3) is 0 Å². The van der Waals surface area contributed by atoms with Gasteiger partial charge in [0, 0.05) is 12.0 Å². The van der Waals surface area contributed by atoms with E-state index in [-0.39, 0.29) is 5.41 Å². The van der Waals surface area contributed by atoms with Gasteiger partial charge in [0.15, 0.2) is 0 Å². The predicted octanol–water partition coefficient (Wildman–Crippen LogP) is 2.80. The van der Waals surface area contributed by atoms with E-state index < -0.39 is 0 Å². The fourth-order valence-electron chi connectivity index (χ4n) is 2.27. The Morgan fingerprint density at radius 3 is 2.47 bits per heavy atom.